The number of benzene rings is 14. The second-order valence-electron chi connectivity index (χ2n) is 23.4. The highest BCUT2D eigenvalue weighted by molar-refractivity contribution is 6.22. The average Bonchev–Trinajstić information content (AvgIpc) is 0.790. The molecule has 0 aliphatic heterocycles. The summed E-state index contributed by atoms with van der Waals surface area (Å²) in [5.74, 6) is 0. The number of hydrogen-bond donors (Lipinski definition) is 0. The third-order valence-electron chi connectivity index (χ3n) is 18.2. The first-order chi connectivity index (χ1) is 44.6. The van der Waals surface area contributed by atoms with Gasteiger partial charge in [-0.3, -0.25) is 0 Å². The van der Waals surface area contributed by atoms with E-state index in [0.717, 1.165) is 127 Å². The largest absolute Gasteiger partial charge is 0.247 e. The van der Waals surface area contributed by atoms with Crippen LogP contribution in [0.1, 0.15) is 0 Å². The van der Waals surface area contributed by atoms with Crippen LogP contribution in [-0.2, 0) is 0 Å². The Hall–Kier alpha value is -12.1. The molecule has 0 spiro atoms. The molecule has 416 valence electrons. The standard InChI is InChI=1S/C45H27N3.C40H24N2/c1-4-10-37-28(7-1)13-16-31-19-22-40(46-43(31)37)34-25-35(41-23-20-32-17-14-29-8-2-5-11-38(29)44(32)47-41)27-36(26-34)42-24-21-33-18-15-30-9-3-6-12-39(30)45(33)48-42;1-3-11-29-25(9-1)17-19-27-21-23-35(41-39(27)29)37-31-13-5-7-15-33(31)38(34-16-8-6-14-32(34)37)36-24-22-28-20-18-26-10-2-4-12-30(26)40(28)42-36/h1-27H;1-24H. The van der Waals surface area contributed by atoms with Crippen molar-refractivity contribution in [3.8, 4) is 56.3 Å². The van der Waals surface area contributed by atoms with Crippen LogP contribution in [0.5, 0.6) is 0 Å². The van der Waals surface area contributed by atoms with Crippen LogP contribution in [0.2, 0.25) is 0 Å². The Labute approximate surface area is 517 Å². The molecule has 5 nitrogen and oxygen atoms in total. The number of pyridine rings is 5. The number of aromatic nitrogens is 5. The summed E-state index contributed by atoms with van der Waals surface area (Å²) < 4.78 is 0. The lowest BCUT2D eigenvalue weighted by Gasteiger charge is -2.17. The van der Waals surface area contributed by atoms with E-state index in [1.54, 1.807) is 0 Å². The van der Waals surface area contributed by atoms with E-state index in [-0.39, 0.29) is 0 Å². The summed E-state index contributed by atoms with van der Waals surface area (Å²) in [6.45, 7) is 0. The maximum atomic E-state index is 5.34. The molecule has 0 radical (unpaired) electrons. The molecule has 19 aromatic rings. The van der Waals surface area contributed by atoms with Crippen molar-refractivity contribution in [3.63, 3.8) is 0 Å². The highest BCUT2D eigenvalue weighted by Gasteiger charge is 2.20. The van der Waals surface area contributed by atoms with Crippen LogP contribution in [0.3, 0.4) is 0 Å². The van der Waals surface area contributed by atoms with Crippen LogP contribution in [0.4, 0.5) is 0 Å². The van der Waals surface area contributed by atoms with E-state index in [9.17, 15) is 0 Å². The van der Waals surface area contributed by atoms with Gasteiger partial charge >= 0.3 is 0 Å². The van der Waals surface area contributed by atoms with Gasteiger partial charge < -0.3 is 0 Å². The Morgan fingerprint density at radius 3 is 0.567 bits per heavy atom. The van der Waals surface area contributed by atoms with Crippen LogP contribution >= 0.6 is 0 Å². The highest BCUT2D eigenvalue weighted by atomic mass is 14.7. The molecule has 0 saturated heterocycles. The quantitative estimate of drug-likeness (QED) is 0.127. The highest BCUT2D eigenvalue weighted by Crippen LogP contribution is 2.44. The van der Waals surface area contributed by atoms with E-state index < -0.39 is 0 Å². The summed E-state index contributed by atoms with van der Waals surface area (Å²) in [7, 11) is 0. The van der Waals surface area contributed by atoms with Gasteiger partial charge in [-0.1, -0.05) is 261 Å². The van der Waals surface area contributed by atoms with Gasteiger partial charge in [0.25, 0.3) is 0 Å². The van der Waals surface area contributed by atoms with E-state index in [4.69, 9.17) is 24.9 Å². The van der Waals surface area contributed by atoms with Gasteiger partial charge in [0.1, 0.15) is 0 Å². The molecule has 14 aromatic carbocycles. The molecule has 0 atom stereocenters. The van der Waals surface area contributed by atoms with E-state index in [2.05, 4.69) is 309 Å². The predicted octanol–water partition coefficient (Wildman–Crippen LogP) is 22.5. The van der Waals surface area contributed by atoms with Crippen LogP contribution in [0, 0.1) is 0 Å². The monoisotopic (exact) mass is 1140 g/mol. The zero-order valence-corrected chi connectivity index (χ0v) is 48.7. The minimum atomic E-state index is 0.916. The summed E-state index contributed by atoms with van der Waals surface area (Å²) >= 11 is 0. The van der Waals surface area contributed by atoms with Gasteiger partial charge in [0.2, 0.25) is 0 Å². The second kappa shape index (κ2) is 20.8. The summed E-state index contributed by atoms with van der Waals surface area (Å²) in [6, 6.07) is 110. The van der Waals surface area contributed by atoms with Crippen LogP contribution in [0.25, 0.3) is 186 Å². The Morgan fingerprint density at radius 1 is 0.144 bits per heavy atom. The summed E-state index contributed by atoms with van der Waals surface area (Å²) in [4.78, 5) is 26.5. The van der Waals surface area contributed by atoms with E-state index in [1.807, 2.05) is 0 Å². The molecule has 0 amide bonds. The average molecular weight is 1140 g/mol. The zero-order valence-electron chi connectivity index (χ0n) is 48.7. The Kier molecular flexibility index (Phi) is 11.9. The third-order valence-corrected chi connectivity index (χ3v) is 18.2. The molecular weight excluding hydrogens is 1090 g/mol. The number of hydrogen-bond acceptors (Lipinski definition) is 5. The van der Waals surface area contributed by atoms with Crippen molar-refractivity contribution >= 4 is 130 Å². The number of nitrogens with zero attached hydrogens (tertiary/aromatic N) is 5. The van der Waals surface area contributed by atoms with E-state index in [1.165, 1.54) is 59.2 Å². The maximum absolute atomic E-state index is 5.34. The van der Waals surface area contributed by atoms with Crippen molar-refractivity contribution < 1.29 is 0 Å². The second-order valence-corrected chi connectivity index (χ2v) is 23.4. The van der Waals surface area contributed by atoms with Crippen molar-refractivity contribution in [1.82, 2.24) is 24.9 Å². The molecule has 0 saturated carbocycles. The van der Waals surface area contributed by atoms with Crippen molar-refractivity contribution in [2.45, 2.75) is 0 Å². The smallest absolute Gasteiger partial charge is 0.0787 e. The van der Waals surface area contributed by atoms with Crippen molar-refractivity contribution in [1.29, 1.82) is 0 Å². The lowest BCUT2D eigenvalue weighted by Crippen LogP contribution is -1.94. The number of rotatable bonds is 5. The molecule has 5 aromatic heterocycles. The van der Waals surface area contributed by atoms with Gasteiger partial charge in [-0.2, -0.15) is 0 Å². The first-order valence-corrected chi connectivity index (χ1v) is 30.6. The van der Waals surface area contributed by atoms with Gasteiger partial charge in [0, 0.05) is 81.7 Å². The third kappa shape index (κ3) is 8.58. The van der Waals surface area contributed by atoms with Gasteiger partial charge in [0.05, 0.1) is 56.1 Å². The van der Waals surface area contributed by atoms with Gasteiger partial charge in [-0.05, 0) is 97.0 Å². The van der Waals surface area contributed by atoms with E-state index in [0.29, 0.717) is 0 Å². The molecule has 5 heteroatoms. The molecule has 0 bridgehead atoms. The summed E-state index contributed by atoms with van der Waals surface area (Å²) in [5.41, 5.74) is 15.2. The first-order valence-electron chi connectivity index (χ1n) is 30.6. The fourth-order valence-electron chi connectivity index (χ4n) is 13.8. The fraction of sp³-hybridized carbons (Fsp3) is 0. The van der Waals surface area contributed by atoms with Crippen LogP contribution in [-0.4, -0.2) is 24.9 Å². The minimum absolute atomic E-state index is 0.916. The minimum Gasteiger partial charge on any atom is -0.247 e. The molecule has 0 N–H and O–H groups in total. The summed E-state index contributed by atoms with van der Waals surface area (Å²) in [5, 5.41) is 22.2. The lowest BCUT2D eigenvalue weighted by atomic mass is 9.88. The number of fused-ring (bicyclic) bond motifs is 17. The topological polar surface area (TPSA) is 64.5 Å². The SMILES string of the molecule is c1ccc2c(c1)ccc1ccc(-c3c4ccccc4c(-c4ccc5ccc6ccccc6c5n4)c4ccccc34)nc12.c1ccc2c(c1)ccc1ccc(-c3cc(-c4ccc5ccc6ccccc6c5n4)cc(-c4ccc5ccc6ccccc6c5n4)c3)nc12. The molecule has 0 aliphatic carbocycles. The van der Waals surface area contributed by atoms with E-state index >= 15 is 0 Å². The van der Waals surface area contributed by atoms with Crippen LogP contribution < -0.4 is 0 Å². The molecule has 5 heterocycles. The predicted molar refractivity (Wildman–Crippen MR) is 379 cm³/mol. The van der Waals surface area contributed by atoms with Gasteiger partial charge in [-0.25, -0.2) is 24.9 Å². The lowest BCUT2D eigenvalue weighted by molar-refractivity contribution is 1.37. The van der Waals surface area contributed by atoms with Gasteiger partial charge in [0.15, 0.2) is 0 Å². The summed E-state index contributed by atoms with van der Waals surface area (Å²) in [6.07, 6.45) is 0. The molecular formula is C85H51N5. The fourth-order valence-corrected chi connectivity index (χ4v) is 13.8. The Balaban J connectivity index is 0.000000135. The molecule has 19 rings (SSSR count). The van der Waals surface area contributed by atoms with Crippen molar-refractivity contribution in [2.24, 2.45) is 0 Å². The normalized spacial score (nSPS) is 11.8. The Bertz CT molecular complexity index is 5630. The Morgan fingerprint density at radius 2 is 0.322 bits per heavy atom. The first kappa shape index (κ1) is 51.2. The molecule has 0 aliphatic rings. The van der Waals surface area contributed by atoms with Crippen molar-refractivity contribution in [2.75, 3.05) is 0 Å². The van der Waals surface area contributed by atoms with Crippen molar-refractivity contribution in [3.05, 3.63) is 309 Å². The van der Waals surface area contributed by atoms with Gasteiger partial charge in [-0.15, -0.1) is 0 Å². The zero-order chi connectivity index (χ0) is 59.2. The molecule has 0 fully saturated rings. The molecule has 90 heavy (non-hydrogen) atoms. The molecule has 0 unspecified atom stereocenters. The maximum Gasteiger partial charge on any atom is 0.0787 e. The van der Waals surface area contributed by atoms with Crippen LogP contribution in [0.15, 0.2) is 309 Å².